The smallest absolute Gasteiger partial charge is 0.229 e. The summed E-state index contributed by atoms with van der Waals surface area (Å²) < 4.78 is 1.73. The zero-order chi connectivity index (χ0) is 18.7. The van der Waals surface area contributed by atoms with Crippen LogP contribution in [0, 0.1) is 0 Å². The quantitative estimate of drug-likeness (QED) is 0.707. The third-order valence-corrected chi connectivity index (χ3v) is 4.20. The summed E-state index contributed by atoms with van der Waals surface area (Å²) in [5.74, 6) is 1.44. The van der Waals surface area contributed by atoms with Crippen LogP contribution in [0.5, 0.6) is 0 Å². The van der Waals surface area contributed by atoms with Crippen LogP contribution in [0.1, 0.15) is 24.4 Å². The van der Waals surface area contributed by atoms with Crippen molar-refractivity contribution in [2.24, 2.45) is 0 Å². The van der Waals surface area contributed by atoms with E-state index in [4.69, 9.17) is 5.73 Å². The van der Waals surface area contributed by atoms with E-state index in [1.165, 1.54) is 11.9 Å². The molecule has 3 aromatic rings. The molecule has 0 spiro atoms. The molecule has 0 radical (unpaired) electrons. The van der Waals surface area contributed by atoms with Gasteiger partial charge in [-0.05, 0) is 31.7 Å². The summed E-state index contributed by atoms with van der Waals surface area (Å²) in [5, 5.41) is 4.14. The first-order valence-corrected chi connectivity index (χ1v) is 8.27. The third kappa shape index (κ3) is 3.94. The Morgan fingerprint density at radius 2 is 1.81 bits per heavy atom. The number of hydrogen-bond donors (Lipinski definition) is 1. The lowest BCUT2D eigenvalue weighted by Gasteiger charge is -2.25. The molecule has 2 aromatic heterocycles. The minimum absolute atomic E-state index is 0.181. The van der Waals surface area contributed by atoms with E-state index in [1.54, 1.807) is 11.0 Å². The Morgan fingerprint density at radius 1 is 1.08 bits per heavy atom. The number of rotatable bonds is 6. The van der Waals surface area contributed by atoms with Gasteiger partial charge in [0.25, 0.3) is 0 Å². The number of benzene rings is 1. The maximum Gasteiger partial charge on any atom is 0.229 e. The largest absolute Gasteiger partial charge is 0.368 e. The van der Waals surface area contributed by atoms with E-state index in [9.17, 15) is 0 Å². The van der Waals surface area contributed by atoms with Gasteiger partial charge in [0.15, 0.2) is 0 Å². The van der Waals surface area contributed by atoms with E-state index in [-0.39, 0.29) is 12.0 Å². The van der Waals surface area contributed by atoms with E-state index in [1.807, 2.05) is 38.2 Å². The average molecular weight is 353 g/mol. The molecule has 0 aliphatic rings. The van der Waals surface area contributed by atoms with Crippen LogP contribution in [-0.2, 0) is 6.54 Å². The molecule has 2 heterocycles. The summed E-state index contributed by atoms with van der Waals surface area (Å²) in [5.41, 5.74) is 7.96. The lowest BCUT2D eigenvalue weighted by Crippen LogP contribution is -2.24. The fraction of sp³-hybridized carbons (Fsp3) is 0.353. The molecular weight excluding hydrogens is 330 g/mol. The fourth-order valence-corrected chi connectivity index (χ4v) is 2.56. The monoisotopic (exact) mass is 353 g/mol. The van der Waals surface area contributed by atoms with Crippen LogP contribution in [0.2, 0.25) is 0 Å². The van der Waals surface area contributed by atoms with E-state index in [2.05, 4.69) is 49.0 Å². The molecule has 9 heteroatoms. The lowest BCUT2D eigenvalue weighted by molar-refractivity contribution is 0.247. The Balaban J connectivity index is 1.72. The van der Waals surface area contributed by atoms with Crippen molar-refractivity contribution in [3.63, 3.8) is 0 Å². The molecule has 1 aromatic carbocycles. The second kappa shape index (κ2) is 7.44. The first-order chi connectivity index (χ1) is 12.4. The predicted octanol–water partition coefficient (Wildman–Crippen LogP) is 1.29. The van der Waals surface area contributed by atoms with Crippen molar-refractivity contribution in [1.29, 1.82) is 0 Å². The first kappa shape index (κ1) is 17.7. The zero-order valence-electron chi connectivity index (χ0n) is 15.4. The van der Waals surface area contributed by atoms with Gasteiger partial charge in [0.05, 0.1) is 12.2 Å². The number of nitrogen functional groups attached to an aromatic ring is 1. The highest BCUT2D eigenvalue weighted by Gasteiger charge is 2.15. The standard InChI is InChI=1S/C17H23N9/c1-12(13-5-7-14(8-6-13)26-11-19-10-20-26)25(4)9-15-21-16(18)23-17(22-15)24(2)3/h5-8,10-12H,9H2,1-4H3,(H2,18,21,22,23). The maximum absolute atomic E-state index is 5.80. The summed E-state index contributed by atoms with van der Waals surface area (Å²) in [6, 6.07) is 8.41. The maximum atomic E-state index is 5.80. The molecule has 0 saturated heterocycles. The number of aromatic nitrogens is 6. The number of hydrogen-bond acceptors (Lipinski definition) is 8. The second-order valence-electron chi connectivity index (χ2n) is 6.33. The number of anilines is 2. The second-order valence-corrected chi connectivity index (χ2v) is 6.33. The van der Waals surface area contributed by atoms with Crippen molar-refractivity contribution in [3.8, 4) is 5.69 Å². The third-order valence-electron chi connectivity index (χ3n) is 4.20. The molecule has 0 aliphatic carbocycles. The van der Waals surface area contributed by atoms with Crippen molar-refractivity contribution in [1.82, 2.24) is 34.6 Å². The van der Waals surface area contributed by atoms with Gasteiger partial charge in [-0.2, -0.15) is 20.1 Å². The van der Waals surface area contributed by atoms with E-state index < -0.39 is 0 Å². The van der Waals surface area contributed by atoms with Crippen LogP contribution in [0.3, 0.4) is 0 Å². The normalized spacial score (nSPS) is 12.3. The van der Waals surface area contributed by atoms with Crippen molar-refractivity contribution < 1.29 is 0 Å². The van der Waals surface area contributed by atoms with Crippen molar-refractivity contribution in [2.75, 3.05) is 31.8 Å². The summed E-state index contributed by atoms with van der Waals surface area (Å²) in [6.45, 7) is 2.71. The molecule has 3 rings (SSSR count). The van der Waals surface area contributed by atoms with Crippen LogP contribution >= 0.6 is 0 Å². The number of nitrogens with zero attached hydrogens (tertiary/aromatic N) is 8. The summed E-state index contributed by atoms with van der Waals surface area (Å²) in [7, 11) is 5.79. The Morgan fingerprint density at radius 3 is 2.42 bits per heavy atom. The molecular formula is C17H23N9. The molecule has 2 N–H and O–H groups in total. The molecule has 1 atom stereocenters. The minimum Gasteiger partial charge on any atom is -0.368 e. The Labute approximate surface area is 152 Å². The number of nitrogens with two attached hydrogens (primary N) is 1. The lowest BCUT2D eigenvalue weighted by atomic mass is 10.1. The molecule has 0 aliphatic heterocycles. The van der Waals surface area contributed by atoms with Gasteiger partial charge in [-0.25, -0.2) is 9.67 Å². The molecule has 0 fully saturated rings. The summed E-state index contributed by atoms with van der Waals surface area (Å²) in [6.07, 6.45) is 3.20. The molecule has 0 bridgehead atoms. The molecule has 9 nitrogen and oxygen atoms in total. The first-order valence-electron chi connectivity index (χ1n) is 8.27. The fourth-order valence-electron chi connectivity index (χ4n) is 2.56. The van der Waals surface area contributed by atoms with Crippen LogP contribution in [-0.4, -0.2) is 55.8 Å². The van der Waals surface area contributed by atoms with Crippen molar-refractivity contribution >= 4 is 11.9 Å². The summed E-state index contributed by atoms with van der Waals surface area (Å²) >= 11 is 0. The highest BCUT2D eigenvalue weighted by Crippen LogP contribution is 2.21. The average Bonchev–Trinajstić information content (AvgIpc) is 3.15. The van der Waals surface area contributed by atoms with Gasteiger partial charge in [-0.15, -0.1) is 0 Å². The van der Waals surface area contributed by atoms with Crippen molar-refractivity contribution in [3.05, 3.63) is 48.3 Å². The van der Waals surface area contributed by atoms with Gasteiger partial charge in [-0.1, -0.05) is 12.1 Å². The van der Waals surface area contributed by atoms with Gasteiger partial charge in [0.1, 0.15) is 18.5 Å². The van der Waals surface area contributed by atoms with Gasteiger partial charge in [0, 0.05) is 20.1 Å². The topological polar surface area (TPSA) is 102 Å². The highest BCUT2D eigenvalue weighted by molar-refractivity contribution is 5.35. The predicted molar refractivity (Wildman–Crippen MR) is 99.8 cm³/mol. The molecule has 136 valence electrons. The Bertz CT molecular complexity index is 843. The van der Waals surface area contributed by atoms with Crippen LogP contribution in [0.25, 0.3) is 5.69 Å². The van der Waals surface area contributed by atoms with Gasteiger partial charge >= 0.3 is 0 Å². The molecule has 0 amide bonds. The molecule has 0 saturated carbocycles. The van der Waals surface area contributed by atoms with E-state index in [0.29, 0.717) is 18.3 Å². The SMILES string of the molecule is CC(c1ccc(-n2cncn2)cc1)N(C)Cc1nc(N)nc(N(C)C)n1. The molecule has 1 unspecified atom stereocenters. The van der Waals surface area contributed by atoms with Crippen LogP contribution < -0.4 is 10.6 Å². The van der Waals surface area contributed by atoms with Crippen LogP contribution in [0.4, 0.5) is 11.9 Å². The van der Waals surface area contributed by atoms with Crippen molar-refractivity contribution in [2.45, 2.75) is 19.5 Å². The zero-order valence-corrected chi connectivity index (χ0v) is 15.4. The minimum atomic E-state index is 0.181. The Kier molecular flexibility index (Phi) is 5.08. The highest BCUT2D eigenvalue weighted by atomic mass is 15.3. The Hall–Kier alpha value is -3.07. The van der Waals surface area contributed by atoms with E-state index >= 15 is 0 Å². The van der Waals surface area contributed by atoms with Crippen LogP contribution in [0.15, 0.2) is 36.9 Å². The summed E-state index contributed by atoms with van der Waals surface area (Å²) in [4.78, 5) is 20.8. The van der Waals surface area contributed by atoms with Gasteiger partial charge in [-0.3, -0.25) is 4.90 Å². The van der Waals surface area contributed by atoms with E-state index in [0.717, 1.165) is 5.69 Å². The van der Waals surface area contributed by atoms with Gasteiger partial charge in [0.2, 0.25) is 11.9 Å². The van der Waals surface area contributed by atoms with Gasteiger partial charge < -0.3 is 10.6 Å². The molecule has 26 heavy (non-hydrogen) atoms.